The number of hydrogen-bond acceptors (Lipinski definition) is 3. The topological polar surface area (TPSA) is 33.1 Å². The largest absolute Gasteiger partial charge is 0.388 e. The average Bonchev–Trinajstić information content (AvgIpc) is 2.59. The molecule has 2 nitrogen and oxygen atoms in total. The number of aromatic nitrogens is 1. The van der Waals surface area contributed by atoms with Gasteiger partial charge in [-0.3, -0.25) is 4.98 Å². The molecule has 0 aliphatic rings. The SMILES string of the molecule is OC(Cc1ccncc1)c1cc(Br)sc1Br. The highest BCUT2D eigenvalue weighted by Crippen LogP contribution is 2.36. The minimum absolute atomic E-state index is 0.487. The van der Waals surface area contributed by atoms with Crippen LogP contribution in [-0.4, -0.2) is 10.1 Å². The highest BCUT2D eigenvalue weighted by molar-refractivity contribution is 9.12. The van der Waals surface area contributed by atoms with Gasteiger partial charge in [-0.05, 0) is 55.6 Å². The first-order valence-corrected chi connectivity index (χ1v) is 7.09. The Morgan fingerprint density at radius 3 is 2.56 bits per heavy atom. The van der Waals surface area contributed by atoms with E-state index in [-0.39, 0.29) is 0 Å². The zero-order valence-electron chi connectivity index (χ0n) is 8.23. The lowest BCUT2D eigenvalue weighted by atomic mass is 10.1. The summed E-state index contributed by atoms with van der Waals surface area (Å²) in [6, 6.07) is 5.78. The molecule has 0 saturated heterocycles. The molecule has 1 atom stereocenters. The smallest absolute Gasteiger partial charge is 0.0849 e. The number of hydrogen-bond donors (Lipinski definition) is 1. The Balaban J connectivity index is 2.14. The first-order valence-electron chi connectivity index (χ1n) is 4.68. The molecule has 0 saturated carbocycles. The summed E-state index contributed by atoms with van der Waals surface area (Å²) in [7, 11) is 0. The molecule has 5 heteroatoms. The van der Waals surface area contributed by atoms with Gasteiger partial charge in [0.25, 0.3) is 0 Å². The Kier molecular flexibility index (Phi) is 4.13. The van der Waals surface area contributed by atoms with Gasteiger partial charge in [0.2, 0.25) is 0 Å². The Hall–Kier alpha value is -0.230. The zero-order chi connectivity index (χ0) is 11.5. The van der Waals surface area contributed by atoms with E-state index in [9.17, 15) is 5.11 Å². The molecule has 1 N–H and O–H groups in total. The van der Waals surface area contributed by atoms with E-state index in [1.807, 2.05) is 18.2 Å². The van der Waals surface area contributed by atoms with E-state index in [0.717, 1.165) is 18.7 Å². The third kappa shape index (κ3) is 2.91. The summed E-state index contributed by atoms with van der Waals surface area (Å²) in [6.45, 7) is 0. The molecule has 84 valence electrons. The number of thiophene rings is 1. The van der Waals surface area contributed by atoms with Gasteiger partial charge in [-0.2, -0.15) is 0 Å². The second-order valence-electron chi connectivity index (χ2n) is 3.35. The Morgan fingerprint density at radius 1 is 1.31 bits per heavy atom. The van der Waals surface area contributed by atoms with E-state index >= 15 is 0 Å². The second-order valence-corrected chi connectivity index (χ2v) is 7.10. The molecule has 0 bridgehead atoms. The van der Waals surface area contributed by atoms with Crippen LogP contribution >= 0.6 is 43.2 Å². The standard InChI is InChI=1S/C11H9Br2NOS/c12-10-6-8(11(13)16-10)9(15)5-7-1-3-14-4-2-7/h1-4,6,9,15H,5H2. The van der Waals surface area contributed by atoms with Crippen molar-refractivity contribution in [3.8, 4) is 0 Å². The van der Waals surface area contributed by atoms with Crippen molar-refractivity contribution in [2.45, 2.75) is 12.5 Å². The monoisotopic (exact) mass is 361 g/mol. The summed E-state index contributed by atoms with van der Waals surface area (Å²) in [6.07, 6.45) is 3.59. The quantitative estimate of drug-likeness (QED) is 0.896. The fourth-order valence-corrected chi connectivity index (χ4v) is 4.39. The molecule has 0 spiro atoms. The van der Waals surface area contributed by atoms with E-state index in [2.05, 4.69) is 36.8 Å². The minimum Gasteiger partial charge on any atom is -0.388 e. The van der Waals surface area contributed by atoms with E-state index in [0.29, 0.717) is 6.42 Å². The fourth-order valence-electron chi connectivity index (χ4n) is 1.43. The van der Waals surface area contributed by atoms with Crippen molar-refractivity contribution in [1.82, 2.24) is 4.98 Å². The van der Waals surface area contributed by atoms with Gasteiger partial charge < -0.3 is 5.11 Å². The van der Waals surface area contributed by atoms with Gasteiger partial charge in [-0.1, -0.05) is 0 Å². The van der Waals surface area contributed by atoms with Crippen LogP contribution in [0.4, 0.5) is 0 Å². The first kappa shape index (κ1) is 12.2. The third-order valence-corrected chi connectivity index (χ3v) is 4.61. The van der Waals surface area contributed by atoms with Crippen LogP contribution in [0.1, 0.15) is 17.2 Å². The summed E-state index contributed by atoms with van der Waals surface area (Å²) in [5.74, 6) is 0. The summed E-state index contributed by atoms with van der Waals surface area (Å²) in [4.78, 5) is 3.95. The number of pyridine rings is 1. The summed E-state index contributed by atoms with van der Waals surface area (Å²) < 4.78 is 1.99. The molecule has 0 amide bonds. The fraction of sp³-hybridized carbons (Fsp3) is 0.182. The molecule has 0 aromatic carbocycles. The van der Waals surface area contributed by atoms with Crippen LogP contribution in [-0.2, 0) is 6.42 Å². The van der Waals surface area contributed by atoms with Gasteiger partial charge in [0, 0.05) is 24.4 Å². The Bertz CT molecular complexity index is 472. The molecule has 2 rings (SSSR count). The summed E-state index contributed by atoms with van der Waals surface area (Å²) in [5.41, 5.74) is 2.01. The van der Waals surface area contributed by atoms with Crippen LogP contribution in [0.2, 0.25) is 0 Å². The second kappa shape index (κ2) is 5.40. The lowest BCUT2D eigenvalue weighted by molar-refractivity contribution is 0.178. The minimum atomic E-state index is -0.487. The maximum Gasteiger partial charge on any atom is 0.0849 e. The van der Waals surface area contributed by atoms with Crippen LogP contribution in [0.5, 0.6) is 0 Å². The van der Waals surface area contributed by atoms with Crippen LogP contribution in [0.15, 0.2) is 38.2 Å². The van der Waals surface area contributed by atoms with Crippen LogP contribution in [0.3, 0.4) is 0 Å². The number of rotatable bonds is 3. The number of aliphatic hydroxyl groups excluding tert-OH is 1. The van der Waals surface area contributed by atoms with E-state index in [1.165, 1.54) is 0 Å². The van der Waals surface area contributed by atoms with Gasteiger partial charge in [0.05, 0.1) is 13.7 Å². The summed E-state index contributed by atoms with van der Waals surface area (Å²) >= 11 is 8.42. The lowest BCUT2D eigenvalue weighted by Gasteiger charge is -2.09. The molecule has 16 heavy (non-hydrogen) atoms. The molecule has 0 fully saturated rings. The predicted molar refractivity (Wildman–Crippen MR) is 72.6 cm³/mol. The van der Waals surface area contributed by atoms with Gasteiger partial charge in [0.1, 0.15) is 0 Å². The zero-order valence-corrected chi connectivity index (χ0v) is 12.2. The van der Waals surface area contributed by atoms with Crippen molar-refractivity contribution < 1.29 is 5.11 Å². The molecular formula is C11H9Br2NOS. The maximum atomic E-state index is 10.1. The van der Waals surface area contributed by atoms with E-state index in [1.54, 1.807) is 23.7 Å². The molecular weight excluding hydrogens is 354 g/mol. The van der Waals surface area contributed by atoms with Crippen LogP contribution in [0.25, 0.3) is 0 Å². The van der Waals surface area contributed by atoms with Crippen LogP contribution in [0, 0.1) is 0 Å². The average molecular weight is 363 g/mol. The normalized spacial score (nSPS) is 12.7. The molecule has 2 aromatic heterocycles. The van der Waals surface area contributed by atoms with Crippen molar-refractivity contribution in [1.29, 1.82) is 0 Å². The van der Waals surface area contributed by atoms with Crippen molar-refractivity contribution >= 4 is 43.2 Å². The predicted octanol–water partition coefficient (Wildman–Crippen LogP) is 3.94. The van der Waals surface area contributed by atoms with Crippen molar-refractivity contribution in [2.24, 2.45) is 0 Å². The van der Waals surface area contributed by atoms with E-state index in [4.69, 9.17) is 0 Å². The Morgan fingerprint density at radius 2 is 2.00 bits per heavy atom. The molecule has 2 aromatic rings. The van der Waals surface area contributed by atoms with E-state index < -0.39 is 6.10 Å². The van der Waals surface area contributed by atoms with Gasteiger partial charge in [-0.15, -0.1) is 11.3 Å². The lowest BCUT2D eigenvalue weighted by Crippen LogP contribution is -2.00. The molecule has 0 radical (unpaired) electrons. The molecule has 0 aliphatic carbocycles. The Labute approximate surface area is 115 Å². The molecule has 2 heterocycles. The number of aliphatic hydroxyl groups is 1. The molecule has 0 aliphatic heterocycles. The molecule has 1 unspecified atom stereocenters. The van der Waals surface area contributed by atoms with Crippen molar-refractivity contribution in [2.75, 3.05) is 0 Å². The maximum absolute atomic E-state index is 10.1. The van der Waals surface area contributed by atoms with Gasteiger partial charge in [-0.25, -0.2) is 0 Å². The van der Waals surface area contributed by atoms with Gasteiger partial charge >= 0.3 is 0 Å². The van der Waals surface area contributed by atoms with Crippen molar-refractivity contribution in [3.05, 3.63) is 49.3 Å². The van der Waals surface area contributed by atoms with Crippen LogP contribution < -0.4 is 0 Å². The third-order valence-electron chi connectivity index (χ3n) is 2.22. The highest BCUT2D eigenvalue weighted by atomic mass is 79.9. The summed E-state index contributed by atoms with van der Waals surface area (Å²) in [5, 5.41) is 10.1. The van der Waals surface area contributed by atoms with Crippen molar-refractivity contribution in [3.63, 3.8) is 0 Å². The number of halogens is 2. The first-order chi connectivity index (χ1) is 7.66. The number of nitrogens with zero attached hydrogens (tertiary/aromatic N) is 1. The highest BCUT2D eigenvalue weighted by Gasteiger charge is 2.14. The van der Waals surface area contributed by atoms with Gasteiger partial charge in [0.15, 0.2) is 0 Å².